The Bertz CT molecular complexity index is 5430. The Morgan fingerprint density at radius 1 is 0.456 bits per heavy atom. The van der Waals surface area contributed by atoms with Crippen molar-refractivity contribution in [1.29, 1.82) is 0 Å². The topological polar surface area (TPSA) is 241 Å². The maximum Gasteiger partial charge on any atom is 0.508 e. The first-order valence-electron chi connectivity index (χ1n) is 37.5. The molecule has 4 N–H and O–H groups in total. The van der Waals surface area contributed by atoms with Crippen molar-refractivity contribution >= 4 is 127 Å². The van der Waals surface area contributed by atoms with Crippen molar-refractivity contribution in [3.8, 4) is 28.7 Å². The van der Waals surface area contributed by atoms with E-state index in [1.807, 2.05) is 140 Å². The molecule has 0 saturated carbocycles. The standard InChI is InChI=1S/C32H32Cl2N4O4.C28H22Cl2N2O6.C27H25ClN2O4/c1-2-41-31(39)37-16-13-24(14-17-37)35-23-8-3-20(4-9-23)30-29-26(27-19-22(34)7-12-28(27)36-29)15-18-38(30)32(40)42-25-10-5-21(33)6-11-25;29-17-3-8-20(9-4-17)37-27(33)32-12-11-22-23-13-18(30)5-10-24(23)31-25(22)26(32)16-1-6-19(7-2-16)35-14-21-15-36-28(34)38-21;1-32-15-16-33-20-10-7-18(8-11-20)26-25-22(23-17-19(28)9-12-24(23)29-25)13-14-30(26)27(31)34-21-5-3-2-4-6-21/h3-12,19,24,30,35-36H,2,13-18H2,1H3;1-10,13,21,26,31H,11-12,14-15H2;2-12,17,26,29H,13-16H2,1H3. The van der Waals surface area contributed by atoms with Crippen LogP contribution in [0.2, 0.25) is 25.1 Å². The van der Waals surface area contributed by atoms with Gasteiger partial charge in [0.15, 0.2) is 6.10 Å². The molecule has 5 aliphatic rings. The number of halogens is 5. The number of para-hydroxylation sites is 1. The van der Waals surface area contributed by atoms with E-state index in [2.05, 4.69) is 32.4 Å². The number of anilines is 1. The first-order valence-corrected chi connectivity index (χ1v) is 39.3. The first kappa shape index (κ1) is 78.1. The molecule has 2 saturated heterocycles. The number of ether oxygens (including phenoxy) is 9. The molecule has 17 rings (SSSR count). The summed E-state index contributed by atoms with van der Waals surface area (Å²) in [5.74, 6) is 2.71. The molecule has 4 atom stereocenters. The SMILES string of the molecule is CCOC(=O)N1CCC(Nc2ccc(C3c4[nH]c5ccc(Cl)cc5c4CCN3C(=O)Oc3ccc(Cl)cc3)cc2)CC1.COCCOc1ccc(C2c3[nH]c4ccc(Cl)cc4c3CCN2C(=O)Oc2ccccc2)cc1.O=C1OCC(COc2ccc(C3c4[nH]c5ccc(Cl)cc5c4CCN3C(=O)Oc3ccc(Cl)cc3)cc2)O1. The summed E-state index contributed by atoms with van der Waals surface area (Å²) in [5.41, 5.74) is 13.0. The van der Waals surface area contributed by atoms with Crippen LogP contribution in [-0.2, 0) is 38.2 Å². The Labute approximate surface area is 681 Å². The molecule has 5 aliphatic heterocycles. The maximum absolute atomic E-state index is 13.5. The normalized spacial score (nSPS) is 17.1. The summed E-state index contributed by atoms with van der Waals surface area (Å²) in [5, 5.41) is 9.95. The molecule has 27 heteroatoms. The number of likely N-dealkylation sites (tertiary alicyclic amines) is 1. The van der Waals surface area contributed by atoms with Crippen molar-refractivity contribution in [1.82, 2.24) is 34.6 Å². The number of hydrogen-bond donors (Lipinski definition) is 4. The van der Waals surface area contributed by atoms with Crippen LogP contribution in [0.5, 0.6) is 28.7 Å². The highest BCUT2D eigenvalue weighted by atomic mass is 35.5. The predicted octanol–water partition coefficient (Wildman–Crippen LogP) is 20.2. The van der Waals surface area contributed by atoms with Crippen LogP contribution in [0.4, 0.5) is 29.7 Å². The quantitative estimate of drug-likeness (QED) is 0.0519. The number of amides is 4. The van der Waals surface area contributed by atoms with Gasteiger partial charge in [-0.1, -0.05) is 113 Å². The van der Waals surface area contributed by atoms with E-state index in [0.29, 0.717) is 120 Å². The van der Waals surface area contributed by atoms with E-state index < -0.39 is 30.5 Å². The molecule has 8 heterocycles. The van der Waals surface area contributed by atoms with E-state index in [9.17, 15) is 24.0 Å². The van der Waals surface area contributed by atoms with Gasteiger partial charge >= 0.3 is 30.5 Å². The van der Waals surface area contributed by atoms with Gasteiger partial charge in [0, 0.05) is 126 Å². The van der Waals surface area contributed by atoms with Crippen LogP contribution in [0.25, 0.3) is 32.7 Å². The highest BCUT2D eigenvalue weighted by Gasteiger charge is 2.40. The zero-order valence-electron chi connectivity index (χ0n) is 62.0. The van der Waals surface area contributed by atoms with Crippen molar-refractivity contribution in [2.45, 2.75) is 69.3 Å². The van der Waals surface area contributed by atoms with Gasteiger partial charge in [-0.05, 0) is 224 Å². The number of nitrogens with one attached hydrogen (secondary N) is 4. The van der Waals surface area contributed by atoms with Gasteiger partial charge < -0.3 is 67.8 Å². The molecule has 114 heavy (non-hydrogen) atoms. The zero-order valence-corrected chi connectivity index (χ0v) is 65.8. The molecule has 586 valence electrons. The third-order valence-corrected chi connectivity index (χ3v) is 21.8. The molecule has 3 aromatic heterocycles. The van der Waals surface area contributed by atoms with Crippen LogP contribution >= 0.6 is 58.0 Å². The molecule has 0 aliphatic carbocycles. The fourth-order valence-electron chi connectivity index (χ4n) is 15.2. The Balaban J connectivity index is 0.000000135. The summed E-state index contributed by atoms with van der Waals surface area (Å²) in [6, 6.07) is 62.5. The lowest BCUT2D eigenvalue weighted by Crippen LogP contribution is -2.42. The van der Waals surface area contributed by atoms with Crippen LogP contribution in [0, 0.1) is 0 Å². The molecule has 4 unspecified atom stereocenters. The van der Waals surface area contributed by atoms with Crippen molar-refractivity contribution in [3.63, 3.8) is 0 Å². The molecule has 2 fully saturated rings. The lowest BCUT2D eigenvalue weighted by Gasteiger charge is -2.35. The van der Waals surface area contributed by atoms with E-state index in [1.54, 1.807) is 87.4 Å². The Kier molecular flexibility index (Phi) is 24.3. The lowest BCUT2D eigenvalue weighted by atomic mass is 9.92. The smallest absolute Gasteiger partial charge is 0.491 e. The van der Waals surface area contributed by atoms with Crippen LogP contribution < -0.4 is 29.0 Å². The molecular formula is C87H79Cl5N8O14. The molecular weight excluding hydrogens is 1560 g/mol. The number of piperidine rings is 1. The molecule has 0 spiro atoms. The van der Waals surface area contributed by atoms with Crippen LogP contribution in [-0.4, -0.2) is 150 Å². The number of carbonyl (C=O) groups is 5. The van der Waals surface area contributed by atoms with Crippen molar-refractivity contribution in [2.75, 3.05) is 78.2 Å². The molecule has 12 aromatic rings. The fourth-order valence-corrected chi connectivity index (χ4v) is 15.9. The highest BCUT2D eigenvalue weighted by Crippen LogP contribution is 2.44. The number of methoxy groups -OCH3 is 1. The Hall–Kier alpha value is -11.2. The number of aromatic amines is 3. The number of hydrogen-bond acceptors (Lipinski definition) is 15. The van der Waals surface area contributed by atoms with Crippen molar-refractivity contribution in [2.24, 2.45) is 0 Å². The Morgan fingerprint density at radius 2 is 0.851 bits per heavy atom. The summed E-state index contributed by atoms with van der Waals surface area (Å²) in [4.78, 5) is 81.0. The second-order valence-electron chi connectivity index (χ2n) is 27.8. The van der Waals surface area contributed by atoms with E-state index in [-0.39, 0.29) is 43.5 Å². The zero-order chi connectivity index (χ0) is 78.9. The van der Waals surface area contributed by atoms with Crippen LogP contribution in [0.1, 0.15) is 88.4 Å². The number of cyclic esters (lactones) is 2. The second kappa shape index (κ2) is 35.4. The van der Waals surface area contributed by atoms with Crippen LogP contribution in [0.3, 0.4) is 0 Å². The summed E-state index contributed by atoms with van der Waals surface area (Å²) in [6.45, 7) is 6.33. The number of fused-ring (bicyclic) bond motifs is 9. The number of carbonyl (C=O) groups excluding carboxylic acids is 5. The minimum atomic E-state index is -0.688. The van der Waals surface area contributed by atoms with Gasteiger partial charge in [0.2, 0.25) is 0 Å². The average molecular weight is 1640 g/mol. The lowest BCUT2D eigenvalue weighted by molar-refractivity contribution is 0.0976. The van der Waals surface area contributed by atoms with E-state index in [1.165, 1.54) is 5.56 Å². The maximum atomic E-state index is 13.5. The number of nitrogens with zero attached hydrogens (tertiary/aromatic N) is 4. The molecule has 4 amide bonds. The second-order valence-corrected chi connectivity index (χ2v) is 30.0. The summed E-state index contributed by atoms with van der Waals surface area (Å²) in [7, 11) is 1.64. The monoisotopic (exact) mass is 1630 g/mol. The summed E-state index contributed by atoms with van der Waals surface area (Å²) in [6.07, 6.45) is 1.04. The van der Waals surface area contributed by atoms with Crippen LogP contribution in [0.15, 0.2) is 206 Å². The average Bonchev–Trinajstić information content (AvgIpc) is 1.60. The minimum absolute atomic E-state index is 0.164. The van der Waals surface area contributed by atoms with E-state index >= 15 is 0 Å². The molecule has 9 aromatic carbocycles. The predicted molar refractivity (Wildman–Crippen MR) is 438 cm³/mol. The first-order chi connectivity index (χ1) is 55.5. The number of aromatic nitrogens is 3. The van der Waals surface area contributed by atoms with Gasteiger partial charge in [-0.3, -0.25) is 14.7 Å². The number of H-pyrrole nitrogens is 3. The van der Waals surface area contributed by atoms with E-state index in [0.717, 1.165) is 102 Å². The van der Waals surface area contributed by atoms with Gasteiger partial charge in [-0.25, -0.2) is 24.0 Å². The van der Waals surface area contributed by atoms with E-state index in [4.69, 9.17) is 101 Å². The summed E-state index contributed by atoms with van der Waals surface area (Å²) < 4.78 is 48.7. The van der Waals surface area contributed by atoms with Gasteiger partial charge in [-0.15, -0.1) is 0 Å². The van der Waals surface area contributed by atoms with Gasteiger partial charge in [-0.2, -0.15) is 0 Å². The fraction of sp³-hybridized carbons (Fsp3) is 0.253. The number of rotatable bonds is 16. The number of benzene rings is 9. The van der Waals surface area contributed by atoms with Crippen molar-refractivity contribution < 1.29 is 66.6 Å². The molecule has 0 bridgehead atoms. The third-order valence-electron chi connectivity index (χ3n) is 20.6. The Morgan fingerprint density at radius 3 is 1.25 bits per heavy atom. The van der Waals surface area contributed by atoms with Gasteiger partial charge in [0.1, 0.15) is 66.7 Å². The van der Waals surface area contributed by atoms with Gasteiger partial charge in [0.25, 0.3) is 0 Å². The molecule has 22 nitrogen and oxygen atoms in total. The largest absolute Gasteiger partial charge is 0.508 e. The summed E-state index contributed by atoms with van der Waals surface area (Å²) >= 11 is 30.9. The third kappa shape index (κ3) is 17.9. The molecule has 0 radical (unpaired) electrons. The van der Waals surface area contributed by atoms with Gasteiger partial charge in [0.05, 0.1) is 13.2 Å². The highest BCUT2D eigenvalue weighted by molar-refractivity contribution is 6.32. The van der Waals surface area contributed by atoms with Crippen molar-refractivity contribution in [3.05, 3.63) is 282 Å². The minimum Gasteiger partial charge on any atom is -0.491 e.